The maximum atomic E-state index is 12.4. The topological polar surface area (TPSA) is 91.3 Å². The van der Waals surface area contributed by atoms with Gasteiger partial charge in [-0.05, 0) is 37.4 Å². The molecular weight excluding hydrogens is 382 g/mol. The highest BCUT2D eigenvalue weighted by Gasteiger charge is 2.22. The Kier molecular flexibility index (Phi) is 6.45. The molecule has 0 atom stereocenters. The van der Waals surface area contributed by atoms with Crippen molar-refractivity contribution >= 4 is 51.6 Å². The Morgan fingerprint density at radius 1 is 1.26 bits per heavy atom. The standard InChI is InChI=1S/C19H21N3O3S2/c1-11-15(14(24)10-9-12-7-5-6-8-13(12)23)27-18(20-11)22-17(26)21-16(25)19(2,3)4/h5-10,23H,1-4H3,(H2,20,21,22,25,26). The van der Waals surface area contributed by atoms with Crippen molar-refractivity contribution in [3.8, 4) is 5.75 Å². The molecule has 0 unspecified atom stereocenters. The molecule has 1 aromatic heterocycles. The van der Waals surface area contributed by atoms with E-state index < -0.39 is 5.41 Å². The fourth-order valence-electron chi connectivity index (χ4n) is 1.97. The van der Waals surface area contributed by atoms with E-state index in [1.807, 2.05) is 0 Å². The molecule has 0 aliphatic carbocycles. The van der Waals surface area contributed by atoms with Gasteiger partial charge < -0.3 is 15.7 Å². The highest BCUT2D eigenvalue weighted by molar-refractivity contribution is 7.80. The maximum Gasteiger partial charge on any atom is 0.231 e. The molecular formula is C19H21N3O3S2. The molecule has 2 rings (SSSR count). The minimum atomic E-state index is -0.570. The summed E-state index contributed by atoms with van der Waals surface area (Å²) >= 11 is 6.27. The number of nitrogens with one attached hydrogen (secondary N) is 2. The Balaban J connectivity index is 2.07. The molecule has 0 bridgehead atoms. The normalized spacial score (nSPS) is 11.4. The highest BCUT2D eigenvalue weighted by Crippen LogP contribution is 2.24. The number of aryl methyl sites for hydroxylation is 1. The Bertz CT molecular complexity index is 911. The monoisotopic (exact) mass is 403 g/mol. The molecule has 0 fully saturated rings. The number of rotatable bonds is 4. The Labute approximate surface area is 167 Å². The number of carbonyl (C=O) groups is 2. The number of para-hydroxylation sites is 1. The lowest BCUT2D eigenvalue weighted by atomic mass is 9.96. The van der Waals surface area contributed by atoms with Gasteiger partial charge in [0.1, 0.15) is 5.75 Å². The number of hydrogen-bond donors (Lipinski definition) is 3. The summed E-state index contributed by atoms with van der Waals surface area (Å²) in [5, 5.41) is 15.7. The average molecular weight is 404 g/mol. The molecule has 1 heterocycles. The number of allylic oxidation sites excluding steroid dienone is 1. The van der Waals surface area contributed by atoms with Gasteiger partial charge in [-0.25, -0.2) is 4.98 Å². The van der Waals surface area contributed by atoms with Gasteiger partial charge in [-0.3, -0.25) is 9.59 Å². The number of thiocarbonyl (C=S) groups is 1. The first-order chi connectivity index (χ1) is 12.6. The minimum Gasteiger partial charge on any atom is -0.507 e. The predicted octanol–water partition coefficient (Wildman–Crippen LogP) is 3.91. The lowest BCUT2D eigenvalue weighted by Gasteiger charge is -2.17. The van der Waals surface area contributed by atoms with E-state index >= 15 is 0 Å². The van der Waals surface area contributed by atoms with Crippen LogP contribution in [0.4, 0.5) is 5.13 Å². The molecule has 1 amide bonds. The average Bonchev–Trinajstić information content (AvgIpc) is 2.93. The van der Waals surface area contributed by atoms with Crippen LogP contribution in [0.5, 0.6) is 5.75 Å². The van der Waals surface area contributed by atoms with Gasteiger partial charge in [0.05, 0.1) is 10.6 Å². The van der Waals surface area contributed by atoms with Crippen LogP contribution >= 0.6 is 23.6 Å². The van der Waals surface area contributed by atoms with Gasteiger partial charge in [0, 0.05) is 11.0 Å². The van der Waals surface area contributed by atoms with Gasteiger partial charge in [-0.2, -0.15) is 0 Å². The molecule has 27 heavy (non-hydrogen) atoms. The Hall–Kier alpha value is -2.58. The summed E-state index contributed by atoms with van der Waals surface area (Å²) in [7, 11) is 0. The van der Waals surface area contributed by atoms with E-state index in [0.29, 0.717) is 21.3 Å². The summed E-state index contributed by atoms with van der Waals surface area (Å²) in [5.74, 6) is -0.342. The van der Waals surface area contributed by atoms with Crippen molar-refractivity contribution in [2.75, 3.05) is 5.32 Å². The number of aromatic hydroxyl groups is 1. The molecule has 0 spiro atoms. The molecule has 0 saturated heterocycles. The summed E-state index contributed by atoms with van der Waals surface area (Å²) in [6, 6.07) is 6.75. The number of carbonyl (C=O) groups excluding carboxylic acids is 2. The van der Waals surface area contributed by atoms with Gasteiger partial charge in [-0.15, -0.1) is 0 Å². The van der Waals surface area contributed by atoms with Gasteiger partial charge in [0.15, 0.2) is 16.0 Å². The summed E-state index contributed by atoms with van der Waals surface area (Å²) in [4.78, 5) is 29.1. The number of nitrogens with zero attached hydrogens (tertiary/aromatic N) is 1. The number of phenolic OH excluding ortho intramolecular Hbond substituents is 1. The zero-order chi connectivity index (χ0) is 20.2. The predicted molar refractivity (Wildman–Crippen MR) is 112 cm³/mol. The fourth-order valence-corrected chi connectivity index (χ4v) is 3.11. The number of phenols is 1. The third-order valence-electron chi connectivity index (χ3n) is 3.50. The fraction of sp³-hybridized carbons (Fsp3) is 0.263. The smallest absolute Gasteiger partial charge is 0.231 e. The molecule has 6 nitrogen and oxygen atoms in total. The van der Waals surface area contributed by atoms with Gasteiger partial charge >= 0.3 is 0 Å². The summed E-state index contributed by atoms with van der Waals surface area (Å²) in [6.45, 7) is 7.07. The third kappa shape index (κ3) is 5.70. The van der Waals surface area contributed by atoms with E-state index in [1.165, 1.54) is 6.08 Å². The number of ketones is 1. The highest BCUT2D eigenvalue weighted by atomic mass is 32.1. The Morgan fingerprint density at radius 3 is 2.56 bits per heavy atom. The van der Waals surface area contributed by atoms with Crippen LogP contribution in [-0.2, 0) is 4.79 Å². The van der Waals surface area contributed by atoms with Crippen molar-refractivity contribution in [2.45, 2.75) is 27.7 Å². The second-order valence-corrected chi connectivity index (χ2v) is 8.26. The number of benzene rings is 1. The second-order valence-electron chi connectivity index (χ2n) is 6.85. The summed E-state index contributed by atoms with van der Waals surface area (Å²) < 4.78 is 0. The van der Waals surface area contributed by atoms with Gasteiger partial charge in [0.25, 0.3) is 0 Å². The van der Waals surface area contributed by atoms with Crippen LogP contribution < -0.4 is 10.6 Å². The molecule has 0 aliphatic heterocycles. The molecule has 0 radical (unpaired) electrons. The second kappa shape index (κ2) is 8.41. The first kappa shape index (κ1) is 20.7. The van der Waals surface area contributed by atoms with E-state index in [4.69, 9.17) is 12.2 Å². The van der Waals surface area contributed by atoms with Crippen molar-refractivity contribution in [3.63, 3.8) is 0 Å². The number of anilines is 1. The lowest BCUT2D eigenvalue weighted by Crippen LogP contribution is -2.41. The lowest BCUT2D eigenvalue weighted by molar-refractivity contribution is -0.126. The third-order valence-corrected chi connectivity index (χ3v) is 4.79. The van der Waals surface area contributed by atoms with Crippen molar-refractivity contribution in [2.24, 2.45) is 5.41 Å². The number of aromatic nitrogens is 1. The Morgan fingerprint density at radius 2 is 1.93 bits per heavy atom. The number of amides is 1. The van der Waals surface area contributed by atoms with Gasteiger partial charge in [0.2, 0.25) is 5.91 Å². The van der Waals surface area contributed by atoms with Gasteiger partial charge in [-0.1, -0.05) is 50.3 Å². The first-order valence-electron chi connectivity index (χ1n) is 8.18. The minimum absolute atomic E-state index is 0.102. The zero-order valence-electron chi connectivity index (χ0n) is 15.5. The number of hydrogen-bond acceptors (Lipinski definition) is 6. The zero-order valence-corrected chi connectivity index (χ0v) is 17.1. The van der Waals surface area contributed by atoms with Crippen LogP contribution in [0.1, 0.15) is 41.7 Å². The van der Waals surface area contributed by atoms with E-state index in [2.05, 4.69) is 15.6 Å². The quantitative estimate of drug-likeness (QED) is 0.407. The van der Waals surface area contributed by atoms with Crippen LogP contribution in [0.25, 0.3) is 6.08 Å². The van der Waals surface area contributed by atoms with E-state index in [9.17, 15) is 14.7 Å². The molecule has 0 aliphatic rings. The molecule has 1 aromatic carbocycles. The molecule has 8 heteroatoms. The van der Waals surface area contributed by atoms with E-state index in [1.54, 1.807) is 58.0 Å². The van der Waals surface area contributed by atoms with Crippen molar-refractivity contribution in [1.29, 1.82) is 0 Å². The molecule has 0 saturated carbocycles. The van der Waals surface area contributed by atoms with Crippen LogP contribution in [0.15, 0.2) is 30.3 Å². The largest absolute Gasteiger partial charge is 0.507 e. The van der Waals surface area contributed by atoms with Crippen molar-refractivity contribution in [1.82, 2.24) is 10.3 Å². The van der Waals surface area contributed by atoms with Crippen molar-refractivity contribution < 1.29 is 14.7 Å². The molecule has 3 N–H and O–H groups in total. The molecule has 2 aromatic rings. The molecule has 142 valence electrons. The maximum absolute atomic E-state index is 12.4. The van der Waals surface area contributed by atoms with Crippen LogP contribution in [0, 0.1) is 12.3 Å². The first-order valence-corrected chi connectivity index (χ1v) is 9.40. The summed E-state index contributed by atoms with van der Waals surface area (Å²) in [5.41, 5.74) is 0.538. The van der Waals surface area contributed by atoms with Crippen LogP contribution in [-0.4, -0.2) is 26.9 Å². The number of thiazole rings is 1. The van der Waals surface area contributed by atoms with Crippen LogP contribution in [0.2, 0.25) is 0 Å². The van der Waals surface area contributed by atoms with E-state index in [-0.39, 0.29) is 22.6 Å². The SMILES string of the molecule is Cc1nc(NC(=S)NC(=O)C(C)(C)C)sc1C(=O)C=Cc1ccccc1O. The summed E-state index contributed by atoms with van der Waals surface area (Å²) in [6.07, 6.45) is 2.94. The van der Waals surface area contributed by atoms with Crippen LogP contribution in [0.3, 0.4) is 0 Å². The van der Waals surface area contributed by atoms with Crippen molar-refractivity contribution in [3.05, 3.63) is 46.5 Å². The van der Waals surface area contributed by atoms with E-state index in [0.717, 1.165) is 11.3 Å².